The molecule has 2 aliphatic heterocycles. The molecule has 3 aliphatic rings. The van der Waals surface area contributed by atoms with Gasteiger partial charge in [-0.3, -0.25) is 9.80 Å². The van der Waals surface area contributed by atoms with E-state index in [1.54, 1.807) is 24.6 Å². The molecule has 0 saturated carbocycles. The Balaban J connectivity index is 0.976. The third-order valence-electron chi connectivity index (χ3n) is 9.31. The number of nitrogens with zero attached hydrogens (tertiary/aromatic N) is 6. The molecule has 1 N–H and O–H groups in total. The lowest BCUT2D eigenvalue weighted by atomic mass is 9.99. The lowest BCUT2D eigenvalue weighted by Crippen LogP contribution is -2.46. The first-order valence-electron chi connectivity index (χ1n) is 16.0. The number of likely N-dealkylation sites (tertiary alicyclic amines) is 1. The van der Waals surface area contributed by atoms with Gasteiger partial charge in [0.15, 0.2) is 0 Å². The number of amides is 2. The molecule has 0 spiro atoms. The van der Waals surface area contributed by atoms with Crippen LogP contribution in [-0.2, 0) is 16.2 Å². The predicted molar refractivity (Wildman–Crippen MR) is 175 cm³/mol. The minimum Gasteiger partial charge on any atom is -0.351 e. The molecule has 248 valence electrons. The van der Waals surface area contributed by atoms with E-state index in [0.717, 1.165) is 50.1 Å². The minimum absolute atomic E-state index is 0.228. The standard InChI is InChI=1S/C36H30F3N7O3/c37-36(38,39)34(47)49-46-31-9-5-4-8-30(31)45(35(46)48)25-14-16-44(17-15-25)20-22-10-12-24(13-11-22)33-32(23-6-2-1-3-7-23)42-28-18-26-27(41-21-40-26)19-29(28)43-33/h1-8,10-13,18-19,21,25,31,43H,9,14-17,20H2. The Bertz CT molecular complexity index is 2120. The van der Waals surface area contributed by atoms with Crippen molar-refractivity contribution in [3.63, 3.8) is 0 Å². The molecule has 0 bridgehead atoms. The maximum atomic E-state index is 13.3. The third kappa shape index (κ3) is 5.79. The molecule has 2 amide bonds. The van der Waals surface area contributed by atoms with Crippen LogP contribution in [0.2, 0.25) is 0 Å². The van der Waals surface area contributed by atoms with Gasteiger partial charge in [0.05, 0.1) is 33.5 Å². The topological polar surface area (TPSA) is 108 Å². The highest BCUT2D eigenvalue weighted by Crippen LogP contribution is 2.37. The van der Waals surface area contributed by atoms with Gasteiger partial charge in [0.2, 0.25) is 0 Å². The molecule has 10 nitrogen and oxygen atoms in total. The molecule has 1 unspecified atom stereocenters. The molecule has 2 fully saturated rings. The van der Waals surface area contributed by atoms with Gasteiger partial charge in [-0.05, 0) is 43.0 Å². The predicted octanol–water partition coefficient (Wildman–Crippen LogP) is 6.78. The van der Waals surface area contributed by atoms with E-state index < -0.39 is 24.2 Å². The van der Waals surface area contributed by atoms with Gasteiger partial charge in [-0.2, -0.15) is 13.2 Å². The number of halogens is 3. The first-order valence-corrected chi connectivity index (χ1v) is 16.0. The number of benzene rings is 3. The number of aromatic nitrogens is 4. The molecule has 1 atom stereocenters. The van der Waals surface area contributed by atoms with Crippen molar-refractivity contribution in [2.24, 2.45) is 0 Å². The maximum Gasteiger partial charge on any atom is 0.493 e. The fourth-order valence-electron chi connectivity index (χ4n) is 6.90. The summed E-state index contributed by atoms with van der Waals surface area (Å²) < 4.78 is 38.8. The molecule has 5 aromatic rings. The summed E-state index contributed by atoms with van der Waals surface area (Å²) in [5, 5.41) is 0.584. The Morgan fingerprint density at radius 2 is 1.67 bits per heavy atom. The number of hydrogen-bond donors (Lipinski definition) is 1. The number of piperidine rings is 1. The van der Waals surface area contributed by atoms with Crippen LogP contribution >= 0.6 is 0 Å². The summed E-state index contributed by atoms with van der Waals surface area (Å²) in [5.74, 6) is -2.40. The monoisotopic (exact) mass is 665 g/mol. The highest BCUT2D eigenvalue weighted by molar-refractivity contribution is 5.94. The number of imidazole rings is 1. The van der Waals surface area contributed by atoms with Gasteiger partial charge in [-0.1, -0.05) is 66.7 Å². The number of alkyl halides is 3. The van der Waals surface area contributed by atoms with Crippen molar-refractivity contribution in [2.45, 2.75) is 44.1 Å². The van der Waals surface area contributed by atoms with E-state index in [0.29, 0.717) is 43.2 Å². The molecule has 49 heavy (non-hydrogen) atoms. The van der Waals surface area contributed by atoms with Crippen LogP contribution in [0.15, 0.2) is 97.0 Å². The Hall–Kier alpha value is -5.56. The van der Waals surface area contributed by atoms with E-state index in [4.69, 9.17) is 4.98 Å². The molecule has 4 heterocycles. The second-order valence-corrected chi connectivity index (χ2v) is 12.4. The molecule has 2 saturated heterocycles. The van der Waals surface area contributed by atoms with Gasteiger partial charge in [0, 0.05) is 42.5 Å². The van der Waals surface area contributed by atoms with E-state index in [-0.39, 0.29) is 12.5 Å². The number of allylic oxidation sites excluding steroid dienone is 2. The van der Waals surface area contributed by atoms with Gasteiger partial charge in [0.25, 0.3) is 0 Å². The van der Waals surface area contributed by atoms with Crippen molar-refractivity contribution in [3.05, 3.63) is 103 Å². The minimum atomic E-state index is -5.20. The number of urea groups is 1. The molecule has 3 aromatic carbocycles. The number of fused-ring (bicyclic) bond motifs is 3. The number of rotatable bonds is 6. The normalized spacial score (nSPS) is 18.7. The highest BCUT2D eigenvalue weighted by Gasteiger charge is 2.51. The van der Waals surface area contributed by atoms with Gasteiger partial charge < -0.3 is 9.82 Å². The number of hydroxylamine groups is 2. The van der Waals surface area contributed by atoms with E-state index in [9.17, 15) is 22.8 Å². The van der Waals surface area contributed by atoms with Gasteiger partial charge in [0.1, 0.15) is 12.4 Å². The smallest absolute Gasteiger partial charge is 0.351 e. The fraction of sp³-hybridized carbons (Fsp3) is 0.250. The summed E-state index contributed by atoms with van der Waals surface area (Å²) in [7, 11) is 0. The van der Waals surface area contributed by atoms with Crippen LogP contribution in [-0.4, -0.2) is 78.1 Å². The summed E-state index contributed by atoms with van der Waals surface area (Å²) in [5.41, 5.74) is 8.61. The summed E-state index contributed by atoms with van der Waals surface area (Å²) in [6.45, 7) is 2.07. The molecular formula is C36H30F3N7O3. The van der Waals surface area contributed by atoms with Crippen LogP contribution in [0.4, 0.5) is 18.0 Å². The first-order chi connectivity index (χ1) is 23.7. The zero-order chi connectivity index (χ0) is 33.7. The van der Waals surface area contributed by atoms with Crippen molar-refractivity contribution < 1.29 is 27.6 Å². The lowest BCUT2D eigenvalue weighted by Gasteiger charge is -2.37. The maximum absolute atomic E-state index is 13.3. The van der Waals surface area contributed by atoms with Crippen LogP contribution in [0.25, 0.3) is 44.6 Å². The molecule has 13 heteroatoms. The quantitative estimate of drug-likeness (QED) is 0.213. The number of carbonyl (C=O) groups excluding carboxylic acids is 2. The average Bonchev–Trinajstić information content (AvgIpc) is 3.68. The summed E-state index contributed by atoms with van der Waals surface area (Å²) in [6, 6.07) is 20.5. The zero-order valence-electron chi connectivity index (χ0n) is 26.1. The highest BCUT2D eigenvalue weighted by atomic mass is 19.4. The Kier molecular flexibility index (Phi) is 7.63. The van der Waals surface area contributed by atoms with Crippen molar-refractivity contribution in [1.29, 1.82) is 0 Å². The number of H-pyrrole nitrogens is 1. The molecule has 2 aromatic heterocycles. The van der Waals surface area contributed by atoms with Crippen molar-refractivity contribution in [3.8, 4) is 22.5 Å². The van der Waals surface area contributed by atoms with Crippen LogP contribution < -0.4 is 0 Å². The molecule has 1 aliphatic carbocycles. The summed E-state index contributed by atoms with van der Waals surface area (Å²) >= 11 is 0. The first kappa shape index (κ1) is 30.8. The Morgan fingerprint density at radius 1 is 0.939 bits per heavy atom. The fourth-order valence-corrected chi connectivity index (χ4v) is 6.90. The molecule has 8 rings (SSSR count). The summed E-state index contributed by atoms with van der Waals surface area (Å²) in [6.07, 6.45) is 3.07. The molecular weight excluding hydrogens is 635 g/mol. The van der Waals surface area contributed by atoms with Crippen molar-refractivity contribution in [2.75, 3.05) is 13.1 Å². The van der Waals surface area contributed by atoms with Crippen molar-refractivity contribution >= 4 is 34.1 Å². The second kappa shape index (κ2) is 12.2. The largest absolute Gasteiger partial charge is 0.493 e. The molecule has 0 radical (unpaired) electrons. The number of hydrogen-bond acceptors (Lipinski definition) is 7. The SMILES string of the molecule is O=C1N(OC(=O)C(F)(F)F)C2CC=CC=C2N1C1CCN(Cc2ccc(-c3[nH]c4cc5ncnc5cc4nc3-c3ccccc3)cc2)CC1. The Morgan fingerprint density at radius 3 is 2.41 bits per heavy atom. The van der Waals surface area contributed by atoms with Crippen LogP contribution in [0.1, 0.15) is 24.8 Å². The van der Waals surface area contributed by atoms with Crippen molar-refractivity contribution in [1.82, 2.24) is 34.8 Å². The van der Waals surface area contributed by atoms with Gasteiger partial charge >= 0.3 is 18.2 Å². The van der Waals surface area contributed by atoms with Crippen LogP contribution in [0, 0.1) is 0 Å². The summed E-state index contributed by atoms with van der Waals surface area (Å²) in [4.78, 5) is 50.6. The number of carbonyl (C=O) groups is 2. The zero-order valence-corrected chi connectivity index (χ0v) is 26.1. The second-order valence-electron chi connectivity index (χ2n) is 12.4. The van der Waals surface area contributed by atoms with E-state index in [1.165, 1.54) is 4.90 Å². The van der Waals surface area contributed by atoms with E-state index in [2.05, 4.69) is 49.0 Å². The number of aromatic amines is 1. The third-order valence-corrected chi connectivity index (χ3v) is 9.31. The van der Waals surface area contributed by atoms with Crippen LogP contribution in [0.3, 0.4) is 0 Å². The lowest BCUT2D eigenvalue weighted by molar-refractivity contribution is -0.230. The Labute approximate surface area is 278 Å². The average molecular weight is 666 g/mol. The van der Waals surface area contributed by atoms with E-state index in [1.807, 2.05) is 42.5 Å². The van der Waals surface area contributed by atoms with Gasteiger partial charge in [-0.25, -0.2) is 24.5 Å². The number of nitrogens with one attached hydrogen (secondary N) is 1. The van der Waals surface area contributed by atoms with Crippen LogP contribution in [0.5, 0.6) is 0 Å². The van der Waals surface area contributed by atoms with Gasteiger partial charge in [-0.15, -0.1) is 5.06 Å². The van der Waals surface area contributed by atoms with E-state index >= 15 is 0 Å².